The minimum absolute atomic E-state index is 0.114. The number of allylic oxidation sites excluding steroid dienone is 1. The third-order valence-corrected chi connectivity index (χ3v) is 7.23. The highest BCUT2D eigenvalue weighted by Crippen LogP contribution is 2.56. The summed E-state index contributed by atoms with van der Waals surface area (Å²) in [4.78, 5) is 57.8. The summed E-state index contributed by atoms with van der Waals surface area (Å²) in [5.74, 6) is -2.61. The number of nitrogens with zero attached hydrogens (tertiary/aromatic N) is 2. The van der Waals surface area contributed by atoms with Crippen molar-refractivity contribution in [1.82, 2.24) is 9.80 Å². The van der Waals surface area contributed by atoms with Crippen molar-refractivity contribution in [2.45, 2.75) is 57.2 Å². The normalized spacial score (nSPS) is 32.5. The van der Waals surface area contributed by atoms with Crippen molar-refractivity contribution in [3.63, 3.8) is 0 Å². The second kappa shape index (κ2) is 7.18. The lowest BCUT2D eigenvalue weighted by atomic mass is 9.66. The molecule has 8 heteroatoms. The van der Waals surface area contributed by atoms with E-state index in [4.69, 9.17) is 4.74 Å². The number of nitrogens with one attached hydrogen (secondary N) is 1. The average molecular weight is 437 g/mol. The first-order valence-corrected chi connectivity index (χ1v) is 11.2. The number of hydrogen-bond donors (Lipinski definition) is 1. The van der Waals surface area contributed by atoms with Crippen molar-refractivity contribution in [2.24, 2.45) is 5.92 Å². The van der Waals surface area contributed by atoms with Crippen LogP contribution in [0.1, 0.15) is 39.2 Å². The zero-order valence-electron chi connectivity index (χ0n) is 18.5. The molecule has 4 aliphatic rings. The number of ether oxygens (including phenoxy) is 1. The molecule has 5 atom stereocenters. The lowest BCUT2D eigenvalue weighted by Gasteiger charge is -2.41. The molecule has 0 radical (unpaired) electrons. The minimum atomic E-state index is -1.43. The van der Waals surface area contributed by atoms with Crippen LogP contribution >= 0.6 is 0 Å². The first-order chi connectivity index (χ1) is 15.3. The molecule has 0 saturated carbocycles. The van der Waals surface area contributed by atoms with E-state index in [1.54, 1.807) is 24.0 Å². The van der Waals surface area contributed by atoms with E-state index >= 15 is 0 Å². The Balaban J connectivity index is 1.81. The topological polar surface area (TPSA) is 96.0 Å². The largest absolute Gasteiger partial charge is 0.466 e. The number of amides is 3. The fraction of sp³-hybridized carbons (Fsp3) is 0.500. The standard InChI is InChI=1S/C24H27N3O5/c1-4-32-22(30)18-19-21(29)26-11-7-10-16(26)20(28)27(19)17(12-13(2)3)24(18)14-8-5-6-9-15(14)25-23(24)31/h5-6,8-9,12,16-19H,4,7,10-11H2,1-3H3,(H,25,31)/t16-,17+,18-,19-,24+/m1/s1. The SMILES string of the molecule is CCOC(=O)[C@H]1[C@@H]2C(=O)N3CCC[C@@H]3C(=O)N2[C@@H](C=C(C)C)[C@]12C(=O)Nc1ccccc12. The fourth-order valence-corrected chi connectivity index (χ4v) is 6.13. The minimum Gasteiger partial charge on any atom is -0.466 e. The van der Waals surface area contributed by atoms with Crippen molar-refractivity contribution < 1.29 is 23.9 Å². The van der Waals surface area contributed by atoms with Gasteiger partial charge in [0.15, 0.2) is 0 Å². The number of benzene rings is 1. The zero-order chi connectivity index (χ0) is 22.8. The molecule has 8 nitrogen and oxygen atoms in total. The van der Waals surface area contributed by atoms with E-state index in [0.717, 1.165) is 12.0 Å². The Labute approximate surface area is 186 Å². The van der Waals surface area contributed by atoms with Gasteiger partial charge in [-0.1, -0.05) is 29.8 Å². The van der Waals surface area contributed by atoms with Crippen LogP contribution in [-0.2, 0) is 29.3 Å². The highest BCUT2D eigenvalue weighted by molar-refractivity contribution is 6.13. The number of carbonyl (C=O) groups is 4. The molecule has 4 aliphatic heterocycles. The Hall–Kier alpha value is -3.16. The van der Waals surface area contributed by atoms with Gasteiger partial charge in [-0.2, -0.15) is 0 Å². The van der Waals surface area contributed by atoms with Gasteiger partial charge >= 0.3 is 5.97 Å². The molecule has 32 heavy (non-hydrogen) atoms. The fourth-order valence-electron chi connectivity index (χ4n) is 6.13. The Kier molecular flexibility index (Phi) is 4.65. The van der Waals surface area contributed by atoms with Gasteiger partial charge in [-0.15, -0.1) is 0 Å². The van der Waals surface area contributed by atoms with E-state index in [0.29, 0.717) is 24.2 Å². The highest BCUT2D eigenvalue weighted by Gasteiger charge is 2.73. The summed E-state index contributed by atoms with van der Waals surface area (Å²) in [6.45, 7) is 6.06. The molecule has 5 rings (SSSR count). The van der Waals surface area contributed by atoms with Crippen LogP contribution in [0.3, 0.4) is 0 Å². The number of hydrogen-bond acceptors (Lipinski definition) is 5. The van der Waals surface area contributed by atoms with Crippen molar-refractivity contribution in [1.29, 1.82) is 0 Å². The van der Waals surface area contributed by atoms with Crippen LogP contribution in [-0.4, -0.2) is 64.8 Å². The molecule has 1 spiro atoms. The monoisotopic (exact) mass is 437 g/mol. The van der Waals surface area contributed by atoms with Crippen LogP contribution in [0.25, 0.3) is 0 Å². The second-order valence-corrected chi connectivity index (χ2v) is 9.17. The van der Waals surface area contributed by atoms with Gasteiger partial charge in [0, 0.05) is 12.2 Å². The molecular weight excluding hydrogens is 410 g/mol. The smallest absolute Gasteiger partial charge is 0.313 e. The molecule has 1 aromatic rings. The van der Waals surface area contributed by atoms with Crippen LogP contribution < -0.4 is 5.32 Å². The molecule has 1 N–H and O–H groups in total. The molecule has 3 saturated heterocycles. The Morgan fingerprint density at radius 2 is 1.97 bits per heavy atom. The van der Waals surface area contributed by atoms with Gasteiger partial charge in [0.2, 0.25) is 17.7 Å². The predicted molar refractivity (Wildman–Crippen MR) is 115 cm³/mol. The molecule has 3 amide bonds. The lowest BCUT2D eigenvalue weighted by Crippen LogP contribution is -2.63. The summed E-state index contributed by atoms with van der Waals surface area (Å²) in [6, 6.07) is 4.82. The van der Waals surface area contributed by atoms with Gasteiger partial charge < -0.3 is 19.9 Å². The van der Waals surface area contributed by atoms with Crippen molar-refractivity contribution in [2.75, 3.05) is 18.5 Å². The summed E-state index contributed by atoms with van der Waals surface area (Å²) in [6.07, 6.45) is 3.19. The molecule has 4 heterocycles. The van der Waals surface area contributed by atoms with Crippen molar-refractivity contribution >= 4 is 29.4 Å². The molecule has 0 aromatic heterocycles. The predicted octanol–water partition coefficient (Wildman–Crippen LogP) is 1.61. The average Bonchev–Trinajstić information content (AvgIpc) is 3.42. The molecular formula is C24H27N3O5. The van der Waals surface area contributed by atoms with Gasteiger partial charge in [-0.3, -0.25) is 19.2 Å². The number of carbonyl (C=O) groups excluding carboxylic acids is 4. The second-order valence-electron chi connectivity index (χ2n) is 9.17. The van der Waals surface area contributed by atoms with Crippen LogP contribution in [0.5, 0.6) is 0 Å². The number of anilines is 1. The van der Waals surface area contributed by atoms with Gasteiger partial charge in [0.25, 0.3) is 0 Å². The summed E-state index contributed by atoms with van der Waals surface area (Å²) in [5.41, 5.74) is 0.680. The highest BCUT2D eigenvalue weighted by atomic mass is 16.5. The quantitative estimate of drug-likeness (QED) is 0.573. The number of fused-ring (bicyclic) bond motifs is 4. The van der Waals surface area contributed by atoms with E-state index in [1.807, 2.05) is 32.1 Å². The third kappa shape index (κ3) is 2.49. The van der Waals surface area contributed by atoms with E-state index in [2.05, 4.69) is 5.32 Å². The molecule has 168 valence electrons. The van der Waals surface area contributed by atoms with Crippen LogP contribution in [0.15, 0.2) is 35.9 Å². The van der Waals surface area contributed by atoms with Gasteiger partial charge in [-0.25, -0.2) is 0 Å². The van der Waals surface area contributed by atoms with E-state index in [-0.39, 0.29) is 24.3 Å². The van der Waals surface area contributed by atoms with Crippen LogP contribution in [0.2, 0.25) is 0 Å². The zero-order valence-corrected chi connectivity index (χ0v) is 18.5. The van der Waals surface area contributed by atoms with Gasteiger partial charge in [0.05, 0.1) is 12.6 Å². The Morgan fingerprint density at radius 3 is 2.69 bits per heavy atom. The maximum atomic E-state index is 13.8. The van der Waals surface area contributed by atoms with Crippen molar-refractivity contribution in [3.8, 4) is 0 Å². The molecule has 0 aliphatic carbocycles. The van der Waals surface area contributed by atoms with Crippen LogP contribution in [0.4, 0.5) is 5.69 Å². The van der Waals surface area contributed by atoms with Crippen molar-refractivity contribution in [3.05, 3.63) is 41.5 Å². The summed E-state index contributed by atoms with van der Waals surface area (Å²) >= 11 is 0. The van der Waals surface area contributed by atoms with E-state index in [1.165, 1.54) is 4.90 Å². The molecule has 0 bridgehead atoms. The summed E-state index contributed by atoms with van der Waals surface area (Å²) in [5, 5.41) is 2.91. The third-order valence-electron chi connectivity index (χ3n) is 7.23. The maximum Gasteiger partial charge on any atom is 0.313 e. The lowest BCUT2D eigenvalue weighted by molar-refractivity contribution is -0.164. The molecule has 1 aromatic carbocycles. The number of esters is 1. The van der Waals surface area contributed by atoms with Gasteiger partial charge in [-0.05, 0) is 45.2 Å². The number of rotatable bonds is 3. The molecule has 3 fully saturated rings. The number of para-hydroxylation sites is 1. The first-order valence-electron chi connectivity index (χ1n) is 11.2. The van der Waals surface area contributed by atoms with E-state index < -0.39 is 35.4 Å². The van der Waals surface area contributed by atoms with E-state index in [9.17, 15) is 19.2 Å². The summed E-state index contributed by atoms with van der Waals surface area (Å²) < 4.78 is 5.42. The molecule has 0 unspecified atom stereocenters. The Bertz CT molecular complexity index is 1060. The van der Waals surface area contributed by atoms with Crippen LogP contribution in [0, 0.1) is 5.92 Å². The summed E-state index contributed by atoms with van der Waals surface area (Å²) in [7, 11) is 0. The maximum absolute atomic E-state index is 13.8. The Morgan fingerprint density at radius 1 is 1.22 bits per heavy atom. The van der Waals surface area contributed by atoms with Gasteiger partial charge in [0.1, 0.15) is 23.4 Å². The first kappa shape index (κ1) is 20.7. The number of piperazine rings is 1.